The number of Topliss-reactive ketones (excluding diaryl/α,β-unsaturated/α-hetero) is 4. The number of phenolic OH excluding ortho intramolecular Hbond substituents is 1. The van der Waals surface area contributed by atoms with Crippen LogP contribution >= 0.6 is 0 Å². The molecule has 4 aliphatic rings. The summed E-state index contributed by atoms with van der Waals surface area (Å²) in [4.78, 5) is 67.6. The van der Waals surface area contributed by atoms with Gasteiger partial charge in [-0.2, -0.15) is 13.2 Å². The molecule has 3 fully saturated rings. The number of likely N-dealkylation sites (N-methyl/N-ethyl adjacent to an activating group) is 1. The molecule has 1 aromatic carbocycles. The molecular formula is C31H38F3N3O7. The zero-order valence-electron chi connectivity index (χ0n) is 24.7. The molecule has 44 heavy (non-hydrogen) atoms. The minimum Gasteiger partial charge on any atom is -0.507 e. The lowest BCUT2D eigenvalue weighted by atomic mass is 9.52. The van der Waals surface area contributed by atoms with E-state index in [1.54, 1.807) is 0 Å². The SMILES string of the molecule is CN(C)[C@@H]1C(=O)C(C(N)=O)C(=O)[C@@]2(O)C(=O)C3C(=O)c4c(O)cc(CNCC5CCCCCC5)c(C(F)(F)F)c4C[C@H]3C[C@@H]12. The molecule has 0 aliphatic heterocycles. The Hall–Kier alpha value is -3.16. The average Bonchev–Trinajstić information content (AvgIpc) is 3.18. The van der Waals surface area contributed by atoms with Gasteiger partial charge in [0, 0.05) is 12.5 Å². The molecule has 240 valence electrons. The van der Waals surface area contributed by atoms with Crippen molar-refractivity contribution in [2.75, 3.05) is 20.6 Å². The van der Waals surface area contributed by atoms with Crippen LogP contribution in [-0.2, 0) is 38.3 Å². The summed E-state index contributed by atoms with van der Waals surface area (Å²) in [5.41, 5.74) is -0.0517. The molecule has 0 saturated heterocycles. The third-order valence-corrected chi connectivity index (χ3v) is 10.2. The van der Waals surface area contributed by atoms with E-state index in [-0.39, 0.29) is 18.5 Å². The van der Waals surface area contributed by atoms with Crippen LogP contribution in [0.3, 0.4) is 0 Å². The first-order chi connectivity index (χ1) is 20.6. The highest BCUT2D eigenvalue weighted by Crippen LogP contribution is 2.52. The highest BCUT2D eigenvalue weighted by atomic mass is 19.4. The molecule has 0 aromatic heterocycles. The van der Waals surface area contributed by atoms with E-state index < -0.39 is 99.4 Å². The number of halogens is 3. The van der Waals surface area contributed by atoms with Gasteiger partial charge < -0.3 is 21.3 Å². The predicted octanol–water partition coefficient (Wildman–Crippen LogP) is 1.95. The van der Waals surface area contributed by atoms with E-state index in [1.807, 2.05) is 0 Å². The van der Waals surface area contributed by atoms with Gasteiger partial charge in [-0.25, -0.2) is 0 Å². The lowest BCUT2D eigenvalue weighted by Crippen LogP contribution is -2.74. The van der Waals surface area contributed by atoms with E-state index in [9.17, 15) is 47.4 Å². The van der Waals surface area contributed by atoms with Crippen molar-refractivity contribution >= 4 is 29.0 Å². The molecule has 4 aliphatic carbocycles. The number of alkyl halides is 3. The Kier molecular flexibility index (Phi) is 8.53. The molecule has 1 amide bonds. The fourth-order valence-corrected chi connectivity index (χ4v) is 8.22. The number of fused-ring (bicyclic) bond motifs is 3. The van der Waals surface area contributed by atoms with Gasteiger partial charge in [-0.15, -0.1) is 0 Å². The summed E-state index contributed by atoms with van der Waals surface area (Å²) in [6, 6.07) is -0.452. The molecule has 6 atom stereocenters. The van der Waals surface area contributed by atoms with E-state index in [2.05, 4.69) is 5.32 Å². The molecule has 1 aromatic rings. The number of benzene rings is 1. The number of hydrogen-bond acceptors (Lipinski definition) is 9. The summed E-state index contributed by atoms with van der Waals surface area (Å²) >= 11 is 0. The number of carbonyl (C=O) groups excluding carboxylic acids is 5. The van der Waals surface area contributed by atoms with Gasteiger partial charge in [0.25, 0.3) is 0 Å². The van der Waals surface area contributed by atoms with Gasteiger partial charge in [-0.3, -0.25) is 28.9 Å². The van der Waals surface area contributed by atoms with E-state index >= 15 is 0 Å². The quantitative estimate of drug-likeness (QED) is 0.274. The predicted molar refractivity (Wildman–Crippen MR) is 149 cm³/mol. The summed E-state index contributed by atoms with van der Waals surface area (Å²) in [6.07, 6.45) is 0.668. The second-order valence-corrected chi connectivity index (χ2v) is 13.1. The van der Waals surface area contributed by atoms with Crippen LogP contribution in [0.25, 0.3) is 0 Å². The monoisotopic (exact) mass is 621 g/mol. The summed E-state index contributed by atoms with van der Waals surface area (Å²) in [6.45, 7) is 0.309. The van der Waals surface area contributed by atoms with Crippen molar-refractivity contribution in [1.29, 1.82) is 0 Å². The smallest absolute Gasteiger partial charge is 0.417 e. The summed E-state index contributed by atoms with van der Waals surface area (Å²) < 4.78 is 44.0. The Morgan fingerprint density at radius 1 is 1.09 bits per heavy atom. The fourth-order valence-electron chi connectivity index (χ4n) is 8.22. The summed E-state index contributed by atoms with van der Waals surface area (Å²) in [7, 11) is 2.87. The molecule has 10 nitrogen and oxygen atoms in total. The molecule has 0 heterocycles. The van der Waals surface area contributed by atoms with Gasteiger partial charge >= 0.3 is 6.18 Å². The fraction of sp³-hybridized carbons (Fsp3) is 0.645. The van der Waals surface area contributed by atoms with E-state index in [4.69, 9.17) is 5.73 Å². The van der Waals surface area contributed by atoms with Gasteiger partial charge in [-0.1, -0.05) is 25.7 Å². The first kappa shape index (κ1) is 32.2. The summed E-state index contributed by atoms with van der Waals surface area (Å²) in [5, 5.41) is 25.6. The number of nitrogens with two attached hydrogens (primary N) is 1. The highest BCUT2D eigenvalue weighted by Gasteiger charge is 2.69. The maximum atomic E-state index is 14.7. The van der Waals surface area contributed by atoms with Crippen LogP contribution in [0.4, 0.5) is 13.2 Å². The third kappa shape index (κ3) is 5.16. The maximum Gasteiger partial charge on any atom is 0.417 e. The van der Waals surface area contributed by atoms with Gasteiger partial charge in [0.05, 0.1) is 23.1 Å². The number of amides is 1. The first-order valence-electron chi connectivity index (χ1n) is 15.1. The van der Waals surface area contributed by atoms with Gasteiger partial charge in [0.2, 0.25) is 5.91 Å². The van der Waals surface area contributed by atoms with Crippen molar-refractivity contribution in [1.82, 2.24) is 10.2 Å². The molecular weight excluding hydrogens is 583 g/mol. The van der Waals surface area contributed by atoms with Crippen LogP contribution in [0, 0.1) is 29.6 Å². The van der Waals surface area contributed by atoms with Crippen molar-refractivity contribution < 1.29 is 47.4 Å². The Labute approximate surface area is 252 Å². The number of aromatic hydroxyl groups is 1. The minimum atomic E-state index is -4.90. The minimum absolute atomic E-state index is 0.198. The van der Waals surface area contributed by atoms with Crippen LogP contribution in [0.5, 0.6) is 5.75 Å². The molecule has 0 radical (unpaired) electrons. The molecule has 2 unspecified atom stereocenters. The number of nitrogens with zero attached hydrogens (tertiary/aromatic N) is 1. The second-order valence-electron chi connectivity index (χ2n) is 13.1. The van der Waals surface area contributed by atoms with Crippen molar-refractivity contribution in [3.8, 4) is 5.75 Å². The van der Waals surface area contributed by atoms with Crippen molar-refractivity contribution in [2.45, 2.75) is 75.7 Å². The topological polar surface area (TPSA) is 167 Å². The Balaban J connectivity index is 1.54. The Morgan fingerprint density at radius 2 is 1.73 bits per heavy atom. The number of ketones is 4. The van der Waals surface area contributed by atoms with Crippen LogP contribution < -0.4 is 11.1 Å². The van der Waals surface area contributed by atoms with Crippen LogP contribution in [0.1, 0.15) is 72.0 Å². The molecule has 13 heteroatoms. The van der Waals surface area contributed by atoms with Crippen molar-refractivity contribution in [3.05, 3.63) is 28.3 Å². The average molecular weight is 622 g/mol. The van der Waals surface area contributed by atoms with Crippen molar-refractivity contribution in [3.63, 3.8) is 0 Å². The van der Waals surface area contributed by atoms with E-state index in [0.29, 0.717) is 12.5 Å². The number of rotatable bonds is 6. The molecule has 3 saturated carbocycles. The Morgan fingerprint density at radius 3 is 2.30 bits per heavy atom. The zero-order valence-corrected chi connectivity index (χ0v) is 24.7. The van der Waals surface area contributed by atoms with Crippen LogP contribution in [0.2, 0.25) is 0 Å². The molecule has 0 bridgehead atoms. The standard InChI is InChI=1S/C31H38F3N3O7/c1-37(2)24-18-10-15-9-17-21(25(39)20(15)27(41)30(18,44)28(42)22(26(24)40)29(35)43)19(38)11-16(23(17)31(32,33)34)13-36-12-14-7-5-3-4-6-8-14/h11,14-15,18,20,22,24,36,38,44H,3-10,12-13H2,1-2H3,(H2,35,43)/t15-,18-,20?,22?,24-,30-/m0/s1. The summed E-state index contributed by atoms with van der Waals surface area (Å²) in [5.74, 6) is -13.0. The maximum absolute atomic E-state index is 14.7. The molecule has 5 rings (SSSR count). The molecule has 0 spiro atoms. The number of carbonyl (C=O) groups is 5. The van der Waals surface area contributed by atoms with E-state index in [1.165, 1.54) is 19.0 Å². The van der Waals surface area contributed by atoms with E-state index in [0.717, 1.165) is 44.6 Å². The van der Waals surface area contributed by atoms with Crippen LogP contribution in [-0.4, -0.2) is 76.4 Å². The van der Waals surface area contributed by atoms with Crippen molar-refractivity contribution in [2.24, 2.45) is 35.3 Å². The normalized spacial score (nSPS) is 31.4. The van der Waals surface area contributed by atoms with Gasteiger partial charge in [0.15, 0.2) is 34.7 Å². The lowest BCUT2D eigenvalue weighted by molar-refractivity contribution is -0.181. The number of primary amides is 1. The number of hydrogen-bond donors (Lipinski definition) is 4. The third-order valence-electron chi connectivity index (χ3n) is 10.2. The largest absolute Gasteiger partial charge is 0.507 e. The van der Waals surface area contributed by atoms with Crippen LogP contribution in [0.15, 0.2) is 6.07 Å². The number of phenols is 1. The second kappa shape index (κ2) is 11.6. The highest BCUT2D eigenvalue weighted by molar-refractivity contribution is 6.32. The van der Waals surface area contributed by atoms with Gasteiger partial charge in [-0.05, 0) is 75.4 Å². The number of aliphatic hydroxyl groups is 1. The molecule has 5 N–H and O–H groups in total. The first-order valence-corrected chi connectivity index (χ1v) is 15.1. The number of nitrogens with one attached hydrogen (secondary N) is 1. The van der Waals surface area contributed by atoms with Gasteiger partial charge in [0.1, 0.15) is 5.75 Å². The zero-order chi connectivity index (χ0) is 32.3. The Bertz CT molecular complexity index is 1400. The lowest BCUT2D eigenvalue weighted by Gasteiger charge is -2.52.